The second kappa shape index (κ2) is 8.72. The maximum Gasteiger partial charge on any atom is 0.341 e. The Morgan fingerprint density at radius 3 is 2.68 bits per heavy atom. The van der Waals surface area contributed by atoms with Gasteiger partial charge in [-0.2, -0.15) is 4.68 Å². The van der Waals surface area contributed by atoms with E-state index in [0.29, 0.717) is 20.7 Å². The molecule has 0 spiro atoms. The number of hydrogen-bond donors (Lipinski definition) is 1. The number of ether oxygens (including phenoxy) is 1. The summed E-state index contributed by atoms with van der Waals surface area (Å²) in [5, 5.41) is 15.9. The van der Waals surface area contributed by atoms with Crippen molar-refractivity contribution in [3.05, 3.63) is 45.3 Å². The third-order valence-electron chi connectivity index (χ3n) is 3.87. The Morgan fingerprint density at radius 1 is 1.29 bits per heavy atom. The summed E-state index contributed by atoms with van der Waals surface area (Å²) < 4.78 is 6.34. The number of thiophene rings is 1. The third-order valence-corrected chi connectivity index (χ3v) is 6.17. The Balaban J connectivity index is 1.70. The highest BCUT2D eigenvalue weighted by Crippen LogP contribution is 2.33. The average Bonchev–Trinajstić information content (AvgIpc) is 3.25. The molecular formula is C17H16ClN5O3S2. The van der Waals surface area contributed by atoms with Crippen LogP contribution in [0.25, 0.3) is 5.69 Å². The Labute approximate surface area is 174 Å². The predicted octanol–water partition coefficient (Wildman–Crippen LogP) is 3.51. The highest BCUT2D eigenvalue weighted by Gasteiger charge is 2.22. The topological polar surface area (TPSA) is 99.0 Å². The van der Waals surface area contributed by atoms with Gasteiger partial charge in [0.2, 0.25) is 11.1 Å². The number of tetrazole rings is 1. The van der Waals surface area contributed by atoms with Crippen LogP contribution in [0.15, 0.2) is 29.4 Å². The van der Waals surface area contributed by atoms with Crippen LogP contribution in [-0.2, 0) is 9.53 Å². The molecule has 1 amide bonds. The first-order chi connectivity index (χ1) is 13.4. The molecule has 0 fully saturated rings. The van der Waals surface area contributed by atoms with Crippen LogP contribution in [0.5, 0.6) is 0 Å². The SMILES string of the molecule is COC(=O)c1c(NC(=O)CSc2nnnn2-c2ccc(Cl)cc2)sc(C)c1C. The van der Waals surface area contributed by atoms with E-state index in [4.69, 9.17) is 16.3 Å². The van der Waals surface area contributed by atoms with Crippen LogP contribution < -0.4 is 5.32 Å². The highest BCUT2D eigenvalue weighted by atomic mass is 35.5. The molecule has 2 heterocycles. The zero-order valence-corrected chi connectivity index (χ0v) is 17.6. The van der Waals surface area contributed by atoms with Crippen molar-refractivity contribution in [1.82, 2.24) is 20.2 Å². The molecule has 0 aliphatic heterocycles. The molecule has 11 heteroatoms. The number of aromatic nitrogens is 4. The van der Waals surface area contributed by atoms with Gasteiger partial charge >= 0.3 is 5.97 Å². The van der Waals surface area contributed by atoms with Crippen molar-refractivity contribution in [1.29, 1.82) is 0 Å². The lowest BCUT2D eigenvalue weighted by atomic mass is 10.1. The van der Waals surface area contributed by atoms with Crippen molar-refractivity contribution in [2.24, 2.45) is 0 Å². The summed E-state index contributed by atoms with van der Waals surface area (Å²) in [6.45, 7) is 3.71. The normalized spacial score (nSPS) is 10.7. The number of esters is 1. The lowest BCUT2D eigenvalue weighted by Gasteiger charge is -2.06. The zero-order chi connectivity index (χ0) is 20.3. The van der Waals surface area contributed by atoms with E-state index in [-0.39, 0.29) is 11.7 Å². The minimum Gasteiger partial charge on any atom is -0.465 e. The molecule has 0 aliphatic rings. The maximum atomic E-state index is 12.4. The number of aryl methyl sites for hydroxylation is 1. The number of nitrogens with zero attached hydrogens (tertiary/aromatic N) is 4. The smallest absolute Gasteiger partial charge is 0.341 e. The van der Waals surface area contributed by atoms with Crippen LogP contribution in [0.3, 0.4) is 0 Å². The first kappa shape index (κ1) is 20.3. The molecule has 0 radical (unpaired) electrons. The summed E-state index contributed by atoms with van der Waals surface area (Å²) in [4.78, 5) is 25.4. The molecule has 3 aromatic rings. The van der Waals surface area contributed by atoms with Gasteiger partial charge < -0.3 is 10.1 Å². The summed E-state index contributed by atoms with van der Waals surface area (Å²) >= 11 is 8.42. The first-order valence-corrected chi connectivity index (χ1v) is 10.2. The molecule has 0 aliphatic carbocycles. The van der Waals surface area contributed by atoms with E-state index in [0.717, 1.165) is 16.1 Å². The number of carbonyl (C=O) groups excluding carboxylic acids is 2. The number of anilines is 1. The van der Waals surface area contributed by atoms with Crippen molar-refractivity contribution in [3.63, 3.8) is 0 Å². The van der Waals surface area contributed by atoms with E-state index in [1.807, 2.05) is 13.8 Å². The van der Waals surface area contributed by atoms with Gasteiger partial charge in [-0.1, -0.05) is 23.4 Å². The molecule has 3 rings (SSSR count). The second-order valence-electron chi connectivity index (χ2n) is 5.67. The Hall–Kier alpha value is -2.43. The van der Waals surface area contributed by atoms with Gasteiger partial charge in [-0.15, -0.1) is 16.4 Å². The van der Waals surface area contributed by atoms with Crippen molar-refractivity contribution < 1.29 is 14.3 Å². The van der Waals surface area contributed by atoms with E-state index < -0.39 is 5.97 Å². The van der Waals surface area contributed by atoms with E-state index in [9.17, 15) is 9.59 Å². The molecular weight excluding hydrogens is 422 g/mol. The number of thioether (sulfide) groups is 1. The van der Waals surface area contributed by atoms with Gasteiger partial charge in [0, 0.05) is 9.90 Å². The molecule has 0 saturated heterocycles. The largest absolute Gasteiger partial charge is 0.465 e. The number of hydrogen-bond acceptors (Lipinski definition) is 8. The number of methoxy groups -OCH3 is 1. The minimum absolute atomic E-state index is 0.0740. The van der Waals surface area contributed by atoms with Gasteiger partial charge in [0.1, 0.15) is 5.00 Å². The standard InChI is InChI=1S/C17H16ClN5O3S2/c1-9-10(2)28-15(14(9)16(25)26-3)19-13(24)8-27-17-20-21-22-23(17)12-6-4-11(18)5-7-12/h4-7H,8H2,1-3H3,(H,19,24). The fraction of sp³-hybridized carbons (Fsp3) is 0.235. The van der Waals surface area contributed by atoms with E-state index in [2.05, 4.69) is 20.8 Å². The van der Waals surface area contributed by atoms with E-state index in [1.54, 1.807) is 24.3 Å². The van der Waals surface area contributed by atoms with Crippen LogP contribution in [0.4, 0.5) is 5.00 Å². The third kappa shape index (κ3) is 4.34. The maximum absolute atomic E-state index is 12.4. The minimum atomic E-state index is -0.475. The fourth-order valence-electron chi connectivity index (χ4n) is 2.37. The van der Waals surface area contributed by atoms with Crippen molar-refractivity contribution in [2.75, 3.05) is 18.2 Å². The predicted molar refractivity (Wildman–Crippen MR) is 109 cm³/mol. The number of nitrogens with one attached hydrogen (secondary N) is 1. The summed E-state index contributed by atoms with van der Waals surface area (Å²) in [6.07, 6.45) is 0. The van der Waals surface area contributed by atoms with Crippen molar-refractivity contribution in [2.45, 2.75) is 19.0 Å². The molecule has 0 unspecified atom stereocenters. The van der Waals surface area contributed by atoms with Gasteiger partial charge in [-0.25, -0.2) is 4.79 Å². The summed E-state index contributed by atoms with van der Waals surface area (Å²) in [5.41, 5.74) is 1.91. The summed E-state index contributed by atoms with van der Waals surface area (Å²) in [7, 11) is 1.31. The zero-order valence-electron chi connectivity index (χ0n) is 15.2. The highest BCUT2D eigenvalue weighted by molar-refractivity contribution is 7.99. The Morgan fingerprint density at radius 2 is 2.00 bits per heavy atom. The molecule has 1 N–H and O–H groups in total. The van der Waals surface area contributed by atoms with Gasteiger partial charge in [0.05, 0.1) is 24.1 Å². The van der Waals surface area contributed by atoms with Crippen LogP contribution >= 0.6 is 34.7 Å². The number of carbonyl (C=O) groups is 2. The van der Waals surface area contributed by atoms with E-state index in [1.165, 1.54) is 34.9 Å². The molecule has 0 bridgehead atoms. The molecule has 8 nitrogen and oxygen atoms in total. The van der Waals surface area contributed by atoms with Gasteiger partial charge in [0.25, 0.3) is 0 Å². The second-order valence-corrected chi connectivity index (χ2v) is 8.27. The Kier molecular flexibility index (Phi) is 6.32. The number of benzene rings is 1. The molecule has 0 atom stereocenters. The van der Waals surface area contributed by atoms with Crippen molar-refractivity contribution in [3.8, 4) is 5.69 Å². The molecule has 146 valence electrons. The van der Waals surface area contributed by atoms with Crippen LogP contribution in [0.2, 0.25) is 5.02 Å². The summed E-state index contributed by atoms with van der Waals surface area (Å²) in [5.74, 6) is -0.677. The van der Waals surface area contributed by atoms with E-state index >= 15 is 0 Å². The lowest BCUT2D eigenvalue weighted by Crippen LogP contribution is -2.16. The van der Waals surface area contributed by atoms with Crippen molar-refractivity contribution >= 4 is 51.6 Å². The molecule has 28 heavy (non-hydrogen) atoms. The van der Waals surface area contributed by atoms with Gasteiger partial charge in [-0.3, -0.25) is 4.79 Å². The lowest BCUT2D eigenvalue weighted by molar-refractivity contribution is -0.113. The van der Waals surface area contributed by atoms with Crippen LogP contribution in [0, 0.1) is 13.8 Å². The van der Waals surface area contributed by atoms with Gasteiger partial charge in [0.15, 0.2) is 0 Å². The first-order valence-electron chi connectivity index (χ1n) is 8.06. The fourth-order valence-corrected chi connectivity index (χ4v) is 4.25. The number of rotatable bonds is 6. The van der Waals surface area contributed by atoms with Crippen LogP contribution in [0.1, 0.15) is 20.8 Å². The van der Waals surface area contributed by atoms with Gasteiger partial charge in [-0.05, 0) is 54.1 Å². The number of amides is 1. The number of halogens is 1. The quantitative estimate of drug-likeness (QED) is 0.465. The van der Waals surface area contributed by atoms with Crippen LogP contribution in [-0.4, -0.2) is 44.9 Å². The Bertz CT molecular complexity index is 1020. The molecule has 0 saturated carbocycles. The molecule has 1 aromatic carbocycles. The summed E-state index contributed by atoms with van der Waals surface area (Å²) in [6, 6.07) is 7.02. The molecule has 2 aromatic heterocycles. The average molecular weight is 438 g/mol. The monoisotopic (exact) mass is 437 g/mol.